The second kappa shape index (κ2) is 7.97. The summed E-state index contributed by atoms with van der Waals surface area (Å²) in [7, 11) is 1.79. The summed E-state index contributed by atoms with van der Waals surface area (Å²) >= 11 is 0. The van der Waals surface area contributed by atoms with Crippen LogP contribution in [0.1, 0.15) is 31.9 Å². The van der Waals surface area contributed by atoms with Crippen LogP contribution in [0.4, 0.5) is 0 Å². The largest absolute Gasteiger partial charge is 0.402 e. The summed E-state index contributed by atoms with van der Waals surface area (Å²) in [5, 5.41) is 6.82. The molecule has 1 atom stereocenters. The predicted molar refractivity (Wildman–Crippen MR) is 108 cm³/mol. The van der Waals surface area contributed by atoms with E-state index in [2.05, 4.69) is 56.6 Å². The summed E-state index contributed by atoms with van der Waals surface area (Å²) in [5.41, 5.74) is 12.3. The monoisotopic (exact) mass is 336 g/mol. The maximum Gasteiger partial charge on any atom is 0.155 e. The standard InChI is InChI=1S/C21H28N4/c1-7-8-15(3)16(4)13-25-21(23-6)19(17(5)22)20(24-25)18-11-9-14(2)10-12-18/h7-12,16H,1,13,22H2,2-6H3/b15-8+,19-17+,23-21+. The Kier molecular flexibility index (Phi) is 5.97. The molecule has 0 saturated heterocycles. The second-order valence-electron chi connectivity index (χ2n) is 6.55. The molecule has 1 aromatic carbocycles. The van der Waals surface area contributed by atoms with Crippen molar-refractivity contribution in [2.24, 2.45) is 21.7 Å². The fourth-order valence-electron chi connectivity index (χ4n) is 2.84. The highest BCUT2D eigenvalue weighted by Gasteiger charge is 2.30. The maximum atomic E-state index is 6.19. The third kappa shape index (κ3) is 4.08. The first-order valence-electron chi connectivity index (χ1n) is 8.55. The molecule has 132 valence electrons. The minimum absolute atomic E-state index is 0.329. The van der Waals surface area contributed by atoms with Gasteiger partial charge >= 0.3 is 0 Å². The molecule has 1 aliphatic heterocycles. The molecule has 4 heteroatoms. The molecule has 0 fully saturated rings. The van der Waals surface area contributed by atoms with Crippen molar-refractivity contribution in [1.82, 2.24) is 5.01 Å². The van der Waals surface area contributed by atoms with Gasteiger partial charge in [0.15, 0.2) is 5.84 Å². The first kappa shape index (κ1) is 18.7. The van der Waals surface area contributed by atoms with Crippen molar-refractivity contribution in [3.8, 4) is 0 Å². The SMILES string of the molecule is C=C/C=C(\C)C(C)CN1N=C(c2ccc(C)cc2)C(=C(/C)N)/C1=N\C. The lowest BCUT2D eigenvalue weighted by Gasteiger charge is -2.20. The van der Waals surface area contributed by atoms with Crippen molar-refractivity contribution in [2.45, 2.75) is 27.7 Å². The Morgan fingerprint density at radius 1 is 1.32 bits per heavy atom. The minimum atomic E-state index is 0.329. The van der Waals surface area contributed by atoms with Gasteiger partial charge in [0.25, 0.3) is 0 Å². The van der Waals surface area contributed by atoms with Gasteiger partial charge in [-0.3, -0.25) is 4.99 Å². The number of hydrogen-bond acceptors (Lipinski definition) is 3. The van der Waals surface area contributed by atoms with E-state index >= 15 is 0 Å². The molecule has 1 aromatic rings. The number of allylic oxidation sites excluding steroid dienone is 3. The third-order valence-corrected chi connectivity index (χ3v) is 4.46. The summed E-state index contributed by atoms with van der Waals surface area (Å²) in [4.78, 5) is 4.47. The fourth-order valence-corrected chi connectivity index (χ4v) is 2.84. The lowest BCUT2D eigenvalue weighted by molar-refractivity contribution is 0.401. The molecule has 2 rings (SSSR count). The molecule has 0 aromatic heterocycles. The van der Waals surface area contributed by atoms with Crippen LogP contribution in [0.2, 0.25) is 0 Å². The zero-order valence-electron chi connectivity index (χ0n) is 15.9. The molecule has 0 spiro atoms. The summed E-state index contributed by atoms with van der Waals surface area (Å²) in [6.07, 6.45) is 3.86. The van der Waals surface area contributed by atoms with Gasteiger partial charge < -0.3 is 5.73 Å². The molecule has 1 aliphatic rings. The van der Waals surface area contributed by atoms with E-state index in [9.17, 15) is 0 Å². The molecule has 4 nitrogen and oxygen atoms in total. The van der Waals surface area contributed by atoms with Crippen LogP contribution in [0.3, 0.4) is 0 Å². The number of aliphatic imine (C=N–C) groups is 1. The van der Waals surface area contributed by atoms with Crippen LogP contribution in [-0.4, -0.2) is 30.1 Å². The molecule has 2 N–H and O–H groups in total. The zero-order valence-corrected chi connectivity index (χ0v) is 15.9. The third-order valence-electron chi connectivity index (χ3n) is 4.46. The molecule has 1 heterocycles. The van der Waals surface area contributed by atoms with Gasteiger partial charge in [-0.15, -0.1) is 0 Å². The quantitative estimate of drug-likeness (QED) is 0.825. The normalized spacial score (nSPS) is 19.9. The Morgan fingerprint density at radius 2 is 1.96 bits per heavy atom. The van der Waals surface area contributed by atoms with E-state index in [4.69, 9.17) is 10.8 Å². The van der Waals surface area contributed by atoms with Crippen LogP contribution in [0.5, 0.6) is 0 Å². The van der Waals surface area contributed by atoms with Crippen molar-refractivity contribution in [2.75, 3.05) is 13.6 Å². The van der Waals surface area contributed by atoms with Gasteiger partial charge in [0.05, 0.1) is 5.57 Å². The van der Waals surface area contributed by atoms with E-state index in [0.29, 0.717) is 5.92 Å². The molecule has 0 amide bonds. The number of nitrogens with two attached hydrogens (primary N) is 1. The summed E-state index contributed by atoms with van der Waals surface area (Å²) < 4.78 is 0. The number of rotatable bonds is 5. The Balaban J connectivity index is 2.43. The average molecular weight is 336 g/mol. The first-order chi connectivity index (χ1) is 11.9. The fraction of sp³-hybridized carbons (Fsp3) is 0.333. The molecule has 0 saturated carbocycles. The van der Waals surface area contributed by atoms with Crippen LogP contribution >= 0.6 is 0 Å². The summed E-state index contributed by atoms with van der Waals surface area (Å²) in [6, 6.07) is 8.35. The average Bonchev–Trinajstić information content (AvgIpc) is 2.94. The second-order valence-corrected chi connectivity index (χ2v) is 6.55. The van der Waals surface area contributed by atoms with E-state index in [-0.39, 0.29) is 0 Å². The van der Waals surface area contributed by atoms with Crippen LogP contribution in [0.15, 0.2) is 69.9 Å². The maximum absolute atomic E-state index is 6.19. The number of nitrogens with zero attached hydrogens (tertiary/aromatic N) is 3. The van der Waals surface area contributed by atoms with Crippen molar-refractivity contribution >= 4 is 11.5 Å². The van der Waals surface area contributed by atoms with Crippen LogP contribution in [0.25, 0.3) is 0 Å². The molecule has 0 radical (unpaired) electrons. The van der Waals surface area contributed by atoms with Gasteiger partial charge in [-0.05, 0) is 26.7 Å². The number of benzene rings is 1. The Labute approximate surface area is 151 Å². The molecule has 0 bridgehead atoms. The molecule has 1 unspecified atom stereocenters. The van der Waals surface area contributed by atoms with Gasteiger partial charge in [-0.2, -0.15) is 5.10 Å². The molecular formula is C21H28N4. The molecule has 25 heavy (non-hydrogen) atoms. The first-order valence-corrected chi connectivity index (χ1v) is 8.55. The smallest absolute Gasteiger partial charge is 0.155 e. The van der Waals surface area contributed by atoms with E-state index in [1.807, 2.05) is 24.1 Å². The molecule has 0 aliphatic carbocycles. The lowest BCUT2D eigenvalue weighted by atomic mass is 9.99. The Hall–Kier alpha value is -2.62. The predicted octanol–water partition coefficient (Wildman–Crippen LogP) is 4.04. The van der Waals surface area contributed by atoms with Gasteiger partial charge in [0.1, 0.15) is 5.71 Å². The van der Waals surface area contributed by atoms with Crippen LogP contribution in [-0.2, 0) is 0 Å². The number of amidine groups is 1. The van der Waals surface area contributed by atoms with Crippen molar-refractivity contribution in [3.63, 3.8) is 0 Å². The zero-order chi connectivity index (χ0) is 18.6. The van der Waals surface area contributed by atoms with Crippen LogP contribution < -0.4 is 5.73 Å². The van der Waals surface area contributed by atoms with Gasteiger partial charge in [0.2, 0.25) is 0 Å². The highest BCUT2D eigenvalue weighted by molar-refractivity contribution is 6.32. The van der Waals surface area contributed by atoms with Gasteiger partial charge in [-0.1, -0.05) is 61.1 Å². The minimum Gasteiger partial charge on any atom is -0.402 e. The van der Waals surface area contributed by atoms with Crippen LogP contribution in [0, 0.1) is 12.8 Å². The highest BCUT2D eigenvalue weighted by Crippen LogP contribution is 2.25. The van der Waals surface area contributed by atoms with Gasteiger partial charge in [-0.25, -0.2) is 5.01 Å². The van der Waals surface area contributed by atoms with Crippen molar-refractivity contribution in [1.29, 1.82) is 0 Å². The van der Waals surface area contributed by atoms with Gasteiger partial charge in [0, 0.05) is 24.9 Å². The Bertz CT molecular complexity index is 760. The van der Waals surface area contributed by atoms with Crippen molar-refractivity contribution in [3.05, 3.63) is 71.0 Å². The summed E-state index contributed by atoms with van der Waals surface area (Å²) in [5.74, 6) is 1.16. The lowest BCUT2D eigenvalue weighted by Crippen LogP contribution is -2.29. The van der Waals surface area contributed by atoms with E-state index in [1.54, 1.807) is 7.05 Å². The summed E-state index contributed by atoms with van der Waals surface area (Å²) in [6.45, 7) is 12.8. The highest BCUT2D eigenvalue weighted by atomic mass is 15.5. The van der Waals surface area contributed by atoms with Crippen molar-refractivity contribution < 1.29 is 0 Å². The number of hydrogen-bond donors (Lipinski definition) is 1. The van der Waals surface area contributed by atoms with E-state index in [1.165, 1.54) is 11.1 Å². The molecular weight excluding hydrogens is 308 g/mol. The van der Waals surface area contributed by atoms with E-state index in [0.717, 1.165) is 34.9 Å². The number of hydrazone groups is 1. The number of aryl methyl sites for hydroxylation is 1. The topological polar surface area (TPSA) is 54.0 Å². The Morgan fingerprint density at radius 3 is 2.48 bits per heavy atom. The van der Waals surface area contributed by atoms with E-state index < -0.39 is 0 Å².